The van der Waals surface area contributed by atoms with Gasteiger partial charge in [0.15, 0.2) is 4.34 Å². The highest BCUT2D eigenvalue weighted by molar-refractivity contribution is 7.87. The molecule has 0 bridgehead atoms. The summed E-state index contributed by atoms with van der Waals surface area (Å²) in [5.41, 5.74) is 1.82. The Morgan fingerprint density at radius 1 is 1.27 bits per heavy atom. The van der Waals surface area contributed by atoms with E-state index in [2.05, 4.69) is 42.6 Å². The fraction of sp³-hybridized carbons (Fsp3) is 0.500. The summed E-state index contributed by atoms with van der Waals surface area (Å²) in [4.78, 5) is 11.0. The maximum Gasteiger partial charge on any atom is 0.181 e. The quantitative estimate of drug-likeness (QED) is 0.776. The molecule has 4 nitrogen and oxygen atoms in total. The van der Waals surface area contributed by atoms with Crippen molar-refractivity contribution >= 4 is 22.1 Å². The second-order valence-corrected chi connectivity index (χ2v) is 8.32. The van der Waals surface area contributed by atoms with Gasteiger partial charge >= 0.3 is 0 Å². The number of nitrogens with zero attached hydrogens (tertiary/aromatic N) is 3. The number of thiazole rings is 1. The zero-order valence-corrected chi connectivity index (χ0v) is 15.2. The molecule has 0 aliphatic rings. The van der Waals surface area contributed by atoms with E-state index in [0.717, 1.165) is 17.8 Å². The summed E-state index contributed by atoms with van der Waals surface area (Å²) in [6, 6.07) is 4.76. The van der Waals surface area contributed by atoms with Crippen molar-refractivity contribution in [1.29, 1.82) is 0 Å². The van der Waals surface area contributed by atoms with Gasteiger partial charge in [0.05, 0.1) is 16.5 Å². The van der Waals surface area contributed by atoms with E-state index < -0.39 is 10.8 Å². The summed E-state index contributed by atoms with van der Waals surface area (Å²) < 4.78 is 13.2. The van der Waals surface area contributed by atoms with Crippen LogP contribution in [0.2, 0.25) is 0 Å². The van der Waals surface area contributed by atoms with Crippen molar-refractivity contribution in [2.24, 2.45) is 0 Å². The molecule has 2 rings (SSSR count). The third-order valence-corrected chi connectivity index (χ3v) is 6.01. The summed E-state index contributed by atoms with van der Waals surface area (Å²) in [7, 11) is -1.04. The summed E-state index contributed by atoms with van der Waals surface area (Å²) in [5.74, 6) is 0.621. The van der Waals surface area contributed by atoms with Gasteiger partial charge in [0.1, 0.15) is 0 Å². The third-order valence-electron chi connectivity index (χ3n) is 3.50. The molecule has 2 aromatic heterocycles. The molecule has 6 heteroatoms. The van der Waals surface area contributed by atoms with Gasteiger partial charge in [-0.3, -0.25) is 14.1 Å². The van der Waals surface area contributed by atoms with Crippen LogP contribution >= 0.6 is 11.3 Å². The van der Waals surface area contributed by atoms with Gasteiger partial charge < -0.3 is 0 Å². The predicted molar refractivity (Wildman–Crippen MR) is 93.6 cm³/mol. The predicted octanol–water partition coefficient (Wildman–Crippen LogP) is 3.43. The van der Waals surface area contributed by atoms with Crippen molar-refractivity contribution in [3.8, 4) is 11.3 Å². The van der Waals surface area contributed by atoms with E-state index in [-0.39, 0.29) is 0 Å². The first kappa shape index (κ1) is 17.2. The molecule has 0 fully saturated rings. The molecule has 1 atom stereocenters. The van der Waals surface area contributed by atoms with Crippen LogP contribution in [0.4, 0.5) is 0 Å². The topological polar surface area (TPSA) is 46.1 Å². The van der Waals surface area contributed by atoms with Gasteiger partial charge in [-0.2, -0.15) is 0 Å². The lowest BCUT2D eigenvalue weighted by Gasteiger charge is -2.30. The SMILES string of the molecule is CC(C)N(CCS(=O)c1nc(-c2cccnc2)cs1)C(C)C. The van der Waals surface area contributed by atoms with E-state index in [1.165, 1.54) is 11.3 Å². The molecule has 22 heavy (non-hydrogen) atoms. The Bertz CT molecular complexity index is 603. The zero-order chi connectivity index (χ0) is 16.1. The number of hydrogen-bond donors (Lipinski definition) is 0. The molecule has 0 spiro atoms. The van der Waals surface area contributed by atoms with Crippen molar-refractivity contribution in [3.63, 3.8) is 0 Å². The van der Waals surface area contributed by atoms with E-state index >= 15 is 0 Å². The van der Waals surface area contributed by atoms with E-state index in [9.17, 15) is 4.21 Å². The van der Waals surface area contributed by atoms with Gasteiger partial charge in [-0.25, -0.2) is 4.98 Å². The van der Waals surface area contributed by atoms with Gasteiger partial charge in [0.2, 0.25) is 0 Å². The molecule has 2 heterocycles. The summed E-state index contributed by atoms with van der Waals surface area (Å²) in [6.07, 6.45) is 3.52. The van der Waals surface area contributed by atoms with Gasteiger partial charge in [-0.05, 0) is 39.8 Å². The number of pyridine rings is 1. The second kappa shape index (κ2) is 7.94. The third kappa shape index (κ3) is 4.44. The fourth-order valence-electron chi connectivity index (χ4n) is 2.40. The first-order valence-electron chi connectivity index (χ1n) is 7.49. The van der Waals surface area contributed by atoms with Crippen LogP contribution < -0.4 is 0 Å². The highest BCUT2D eigenvalue weighted by Crippen LogP contribution is 2.23. The molecule has 0 aromatic carbocycles. The standard InChI is InChI=1S/C16H23N3OS2/c1-12(2)19(13(3)4)8-9-22(20)16-18-15(11-21-16)14-6-5-7-17-10-14/h5-7,10-13H,8-9H2,1-4H3. The number of hydrogen-bond acceptors (Lipinski definition) is 5. The molecule has 0 aliphatic carbocycles. The van der Waals surface area contributed by atoms with E-state index in [0.29, 0.717) is 22.2 Å². The van der Waals surface area contributed by atoms with Crippen LogP contribution in [0.15, 0.2) is 34.2 Å². The van der Waals surface area contributed by atoms with Crippen LogP contribution in [-0.4, -0.2) is 43.5 Å². The highest BCUT2D eigenvalue weighted by atomic mass is 32.2. The lowest BCUT2D eigenvalue weighted by molar-refractivity contribution is 0.187. The molecule has 2 aromatic rings. The molecule has 0 radical (unpaired) electrons. The molecule has 1 unspecified atom stereocenters. The van der Waals surface area contributed by atoms with Gasteiger partial charge in [0.25, 0.3) is 0 Å². The Morgan fingerprint density at radius 2 is 2.00 bits per heavy atom. The first-order valence-corrected chi connectivity index (χ1v) is 9.69. The molecule has 0 saturated heterocycles. The Labute approximate surface area is 139 Å². The smallest absolute Gasteiger partial charge is 0.181 e. The van der Waals surface area contributed by atoms with Gasteiger partial charge in [-0.1, -0.05) is 0 Å². The van der Waals surface area contributed by atoms with Crippen LogP contribution in [0.1, 0.15) is 27.7 Å². The monoisotopic (exact) mass is 337 g/mol. The van der Waals surface area contributed by atoms with Crippen molar-refractivity contribution in [3.05, 3.63) is 29.9 Å². The van der Waals surface area contributed by atoms with Crippen LogP contribution in [0.3, 0.4) is 0 Å². The van der Waals surface area contributed by atoms with Crippen molar-refractivity contribution in [2.45, 2.75) is 44.1 Å². The van der Waals surface area contributed by atoms with Crippen molar-refractivity contribution < 1.29 is 4.21 Å². The van der Waals surface area contributed by atoms with Crippen LogP contribution in [-0.2, 0) is 10.8 Å². The number of rotatable bonds is 7. The Hall–Kier alpha value is -1.11. The van der Waals surface area contributed by atoms with Crippen molar-refractivity contribution in [1.82, 2.24) is 14.9 Å². The van der Waals surface area contributed by atoms with E-state index in [1.54, 1.807) is 12.4 Å². The minimum atomic E-state index is -1.04. The summed E-state index contributed by atoms with van der Waals surface area (Å²) in [6.45, 7) is 9.52. The van der Waals surface area contributed by atoms with Gasteiger partial charge in [0, 0.05) is 47.7 Å². The Kier molecular flexibility index (Phi) is 6.23. The molecule has 0 aliphatic heterocycles. The second-order valence-electron chi connectivity index (χ2n) is 5.72. The maximum atomic E-state index is 12.5. The van der Waals surface area contributed by atoms with Crippen LogP contribution in [0.25, 0.3) is 11.3 Å². The number of aromatic nitrogens is 2. The average molecular weight is 338 g/mol. The molecule has 120 valence electrons. The Morgan fingerprint density at radius 3 is 2.59 bits per heavy atom. The lowest BCUT2D eigenvalue weighted by atomic mass is 10.2. The van der Waals surface area contributed by atoms with Crippen LogP contribution in [0.5, 0.6) is 0 Å². The molecule has 0 amide bonds. The van der Waals surface area contributed by atoms with Crippen molar-refractivity contribution in [2.75, 3.05) is 12.3 Å². The zero-order valence-electron chi connectivity index (χ0n) is 13.5. The summed E-state index contributed by atoms with van der Waals surface area (Å²) in [5, 5.41) is 1.95. The molecular weight excluding hydrogens is 314 g/mol. The van der Waals surface area contributed by atoms with Crippen LogP contribution in [0, 0.1) is 0 Å². The summed E-state index contributed by atoms with van der Waals surface area (Å²) >= 11 is 1.46. The largest absolute Gasteiger partial charge is 0.298 e. The average Bonchev–Trinajstić information content (AvgIpc) is 2.97. The van der Waals surface area contributed by atoms with Gasteiger partial charge in [-0.15, -0.1) is 11.3 Å². The maximum absolute atomic E-state index is 12.5. The molecular formula is C16H23N3OS2. The highest BCUT2D eigenvalue weighted by Gasteiger charge is 2.16. The molecule has 0 saturated carbocycles. The van der Waals surface area contributed by atoms with E-state index in [4.69, 9.17) is 0 Å². The fourth-order valence-corrected chi connectivity index (χ4v) is 4.52. The normalized spacial score (nSPS) is 13.2. The first-order chi connectivity index (χ1) is 10.5. The lowest BCUT2D eigenvalue weighted by Crippen LogP contribution is -2.39. The minimum absolute atomic E-state index is 0.458. The van der Waals surface area contributed by atoms with E-state index in [1.807, 2.05) is 17.5 Å². The Balaban J connectivity index is 2.01. The minimum Gasteiger partial charge on any atom is -0.298 e. The molecule has 0 N–H and O–H groups in total.